The van der Waals surface area contributed by atoms with E-state index in [4.69, 9.17) is 0 Å². The van der Waals surface area contributed by atoms with Crippen molar-refractivity contribution in [1.29, 1.82) is 0 Å². The third kappa shape index (κ3) is 6.15. The normalized spacial score (nSPS) is 11.7. The maximum absolute atomic E-state index is 13.7. The Kier molecular flexibility index (Phi) is 7.94. The Morgan fingerprint density at radius 2 is 1.51 bits per heavy atom. The number of amides is 2. The van der Waals surface area contributed by atoms with E-state index in [1.165, 1.54) is 10.8 Å². The summed E-state index contributed by atoms with van der Waals surface area (Å²) in [6.45, 7) is 2.43. The summed E-state index contributed by atoms with van der Waals surface area (Å²) in [5.41, 5.74) is 4.32. The second-order valence-electron chi connectivity index (χ2n) is 8.97. The van der Waals surface area contributed by atoms with E-state index in [1.807, 2.05) is 73.7 Å². The van der Waals surface area contributed by atoms with Gasteiger partial charge in [0.25, 0.3) is 0 Å². The number of hydrogen-bond donors (Lipinski definition) is 1. The number of rotatable bonds is 9. The molecule has 35 heavy (non-hydrogen) atoms. The second kappa shape index (κ2) is 11.5. The van der Waals surface area contributed by atoms with Crippen LogP contribution >= 0.6 is 0 Å². The molecule has 178 valence electrons. The Labute approximate surface area is 207 Å². The molecule has 4 aromatic rings. The molecule has 0 aliphatic carbocycles. The molecule has 0 radical (unpaired) electrons. The highest BCUT2D eigenvalue weighted by Gasteiger charge is 2.29. The average Bonchev–Trinajstić information content (AvgIpc) is 2.89. The summed E-state index contributed by atoms with van der Waals surface area (Å²) in [7, 11) is 1.63. The zero-order valence-corrected chi connectivity index (χ0v) is 20.4. The minimum atomic E-state index is -0.595. The highest BCUT2D eigenvalue weighted by atomic mass is 16.2. The van der Waals surface area contributed by atoms with Gasteiger partial charge in [0.2, 0.25) is 11.8 Å². The van der Waals surface area contributed by atoms with E-state index in [-0.39, 0.29) is 11.8 Å². The molecule has 0 heterocycles. The van der Waals surface area contributed by atoms with Crippen molar-refractivity contribution in [3.05, 3.63) is 119 Å². The molecule has 4 rings (SSSR count). The molecule has 0 aliphatic heterocycles. The lowest BCUT2D eigenvalue weighted by atomic mass is 9.99. The van der Waals surface area contributed by atoms with Gasteiger partial charge in [-0.3, -0.25) is 9.59 Å². The molecule has 2 amide bonds. The maximum atomic E-state index is 13.7. The fourth-order valence-electron chi connectivity index (χ4n) is 4.62. The molecule has 0 bridgehead atoms. The van der Waals surface area contributed by atoms with E-state index in [1.54, 1.807) is 11.9 Å². The number of likely N-dealkylation sites (N-methyl/N-ethyl adjacent to an activating group) is 1. The van der Waals surface area contributed by atoms with Crippen LogP contribution in [0.15, 0.2) is 97.1 Å². The van der Waals surface area contributed by atoms with Crippen LogP contribution in [0.1, 0.15) is 28.7 Å². The van der Waals surface area contributed by atoms with Crippen LogP contribution in [0.5, 0.6) is 0 Å². The third-order valence-electron chi connectivity index (χ3n) is 6.44. The SMILES string of the molecule is CNC(=O)C(Cc1ccccc1)N(Cc1cccc(C)c1)C(=O)CCc1cccc2ccccc12. The fourth-order valence-corrected chi connectivity index (χ4v) is 4.62. The van der Waals surface area contributed by atoms with E-state index in [9.17, 15) is 9.59 Å². The van der Waals surface area contributed by atoms with Crippen molar-refractivity contribution in [2.75, 3.05) is 7.05 Å². The van der Waals surface area contributed by atoms with Gasteiger partial charge in [-0.1, -0.05) is 103 Å². The van der Waals surface area contributed by atoms with Gasteiger partial charge in [-0.2, -0.15) is 0 Å². The Bertz CT molecular complexity index is 1290. The molecule has 0 spiro atoms. The van der Waals surface area contributed by atoms with Crippen LogP contribution in [-0.2, 0) is 29.0 Å². The number of hydrogen-bond acceptors (Lipinski definition) is 2. The fraction of sp³-hybridized carbons (Fsp3) is 0.226. The van der Waals surface area contributed by atoms with Gasteiger partial charge in [0, 0.05) is 26.4 Å². The second-order valence-corrected chi connectivity index (χ2v) is 8.97. The lowest BCUT2D eigenvalue weighted by molar-refractivity contribution is -0.141. The maximum Gasteiger partial charge on any atom is 0.242 e. The molecule has 4 heteroatoms. The number of fused-ring (bicyclic) bond motifs is 1. The predicted molar refractivity (Wildman–Crippen MR) is 142 cm³/mol. The smallest absolute Gasteiger partial charge is 0.242 e. The van der Waals surface area contributed by atoms with Gasteiger partial charge in [-0.15, -0.1) is 0 Å². The standard InChI is InChI=1S/C31H32N2O2/c1-23-10-8-13-25(20-23)22-33(29(31(35)32-2)21-24-11-4-3-5-12-24)30(34)19-18-27-16-9-15-26-14-6-7-17-28(26)27/h3-17,20,29H,18-19,21-22H2,1-2H3,(H,32,35). The Morgan fingerprint density at radius 1 is 0.829 bits per heavy atom. The Balaban J connectivity index is 1.62. The molecule has 1 unspecified atom stereocenters. The van der Waals surface area contributed by atoms with Gasteiger partial charge in [0.1, 0.15) is 6.04 Å². The van der Waals surface area contributed by atoms with Gasteiger partial charge < -0.3 is 10.2 Å². The molecule has 1 N–H and O–H groups in total. The Morgan fingerprint density at radius 3 is 2.29 bits per heavy atom. The summed E-state index contributed by atoms with van der Waals surface area (Å²) < 4.78 is 0. The van der Waals surface area contributed by atoms with Crippen LogP contribution < -0.4 is 5.32 Å². The zero-order chi connectivity index (χ0) is 24.6. The van der Waals surface area contributed by atoms with Crippen molar-refractivity contribution in [1.82, 2.24) is 10.2 Å². The molecule has 0 saturated heterocycles. The first-order valence-corrected chi connectivity index (χ1v) is 12.1. The number of benzene rings is 4. The van der Waals surface area contributed by atoms with Crippen molar-refractivity contribution in [2.45, 2.75) is 38.8 Å². The summed E-state index contributed by atoms with van der Waals surface area (Å²) in [5.74, 6) is -0.177. The average molecular weight is 465 g/mol. The minimum absolute atomic E-state index is 0.0241. The summed E-state index contributed by atoms with van der Waals surface area (Å²) >= 11 is 0. The number of nitrogens with one attached hydrogen (secondary N) is 1. The lowest BCUT2D eigenvalue weighted by Gasteiger charge is -2.31. The van der Waals surface area contributed by atoms with E-state index in [0.29, 0.717) is 25.8 Å². The van der Waals surface area contributed by atoms with Gasteiger partial charge in [0.15, 0.2) is 0 Å². The van der Waals surface area contributed by atoms with Crippen LogP contribution in [0.3, 0.4) is 0 Å². The van der Waals surface area contributed by atoms with Crippen LogP contribution in [-0.4, -0.2) is 29.8 Å². The summed E-state index contributed by atoms with van der Waals surface area (Å²) in [4.78, 5) is 28.6. The molecular formula is C31H32N2O2. The molecule has 1 atom stereocenters. The molecule has 4 aromatic carbocycles. The number of nitrogens with zero attached hydrogens (tertiary/aromatic N) is 1. The monoisotopic (exact) mass is 464 g/mol. The molecule has 0 fully saturated rings. The summed E-state index contributed by atoms with van der Waals surface area (Å²) in [6.07, 6.45) is 1.42. The topological polar surface area (TPSA) is 49.4 Å². The highest BCUT2D eigenvalue weighted by molar-refractivity contribution is 5.89. The lowest BCUT2D eigenvalue weighted by Crippen LogP contribution is -2.49. The largest absolute Gasteiger partial charge is 0.357 e. The first-order chi connectivity index (χ1) is 17.0. The molecule has 0 saturated carbocycles. The number of aryl methyl sites for hydroxylation is 2. The van der Waals surface area contributed by atoms with E-state index >= 15 is 0 Å². The summed E-state index contributed by atoms with van der Waals surface area (Å²) in [5, 5.41) is 5.12. The first-order valence-electron chi connectivity index (χ1n) is 12.1. The predicted octanol–water partition coefficient (Wildman–Crippen LogP) is 5.47. The van der Waals surface area contributed by atoms with Crippen LogP contribution in [0, 0.1) is 6.92 Å². The molecule has 0 aliphatic rings. The van der Waals surface area contributed by atoms with Gasteiger partial charge in [-0.25, -0.2) is 0 Å². The van der Waals surface area contributed by atoms with E-state index in [0.717, 1.165) is 22.3 Å². The van der Waals surface area contributed by atoms with Crippen molar-refractivity contribution in [3.8, 4) is 0 Å². The highest BCUT2D eigenvalue weighted by Crippen LogP contribution is 2.22. The zero-order valence-electron chi connectivity index (χ0n) is 20.4. The minimum Gasteiger partial charge on any atom is -0.357 e. The van der Waals surface area contributed by atoms with Crippen LogP contribution in [0.2, 0.25) is 0 Å². The van der Waals surface area contributed by atoms with Crippen molar-refractivity contribution in [2.24, 2.45) is 0 Å². The summed E-state index contributed by atoms with van der Waals surface area (Å²) in [6, 6.07) is 31.9. The van der Waals surface area contributed by atoms with Crippen LogP contribution in [0.25, 0.3) is 10.8 Å². The van der Waals surface area contributed by atoms with Crippen molar-refractivity contribution >= 4 is 22.6 Å². The van der Waals surface area contributed by atoms with Crippen molar-refractivity contribution in [3.63, 3.8) is 0 Å². The van der Waals surface area contributed by atoms with Gasteiger partial charge in [-0.05, 0) is 40.8 Å². The number of carbonyl (C=O) groups excluding carboxylic acids is 2. The quantitative estimate of drug-likeness (QED) is 0.357. The van der Waals surface area contributed by atoms with E-state index < -0.39 is 6.04 Å². The third-order valence-corrected chi connectivity index (χ3v) is 6.44. The molecule has 0 aromatic heterocycles. The van der Waals surface area contributed by atoms with E-state index in [2.05, 4.69) is 35.6 Å². The van der Waals surface area contributed by atoms with Gasteiger partial charge in [0.05, 0.1) is 0 Å². The molecular weight excluding hydrogens is 432 g/mol. The van der Waals surface area contributed by atoms with Crippen molar-refractivity contribution < 1.29 is 9.59 Å². The van der Waals surface area contributed by atoms with Crippen LogP contribution in [0.4, 0.5) is 0 Å². The van der Waals surface area contributed by atoms with Gasteiger partial charge >= 0.3 is 0 Å². The number of carbonyl (C=O) groups is 2. The molecule has 4 nitrogen and oxygen atoms in total. The first kappa shape index (κ1) is 24.2. The Hall–Kier alpha value is -3.92.